The lowest BCUT2D eigenvalue weighted by molar-refractivity contribution is 0.542. The third-order valence-electron chi connectivity index (χ3n) is 2.08. The zero-order valence-corrected chi connectivity index (χ0v) is 7.82. The highest BCUT2D eigenvalue weighted by Gasteiger charge is 2.23. The lowest BCUT2D eigenvalue weighted by atomic mass is 10.1. The molecule has 3 nitrogen and oxygen atoms in total. The minimum atomic E-state index is -2.98. The van der Waals surface area contributed by atoms with Gasteiger partial charge in [0, 0.05) is 6.04 Å². The number of sulfonamides is 1. The summed E-state index contributed by atoms with van der Waals surface area (Å²) in [6.45, 7) is 2.16. The van der Waals surface area contributed by atoms with E-state index in [-0.39, 0.29) is 6.04 Å². The first-order chi connectivity index (χ1) is 4.97. The van der Waals surface area contributed by atoms with Crippen LogP contribution in [0.5, 0.6) is 0 Å². The van der Waals surface area contributed by atoms with Crippen LogP contribution in [0.1, 0.15) is 26.2 Å². The molecule has 0 bridgehead atoms. The van der Waals surface area contributed by atoms with Crippen LogP contribution in [0.3, 0.4) is 0 Å². The molecule has 2 atom stereocenters. The second kappa shape index (κ2) is 3.11. The molecule has 2 unspecified atom stereocenters. The third kappa shape index (κ3) is 3.20. The van der Waals surface area contributed by atoms with Crippen molar-refractivity contribution in [1.29, 1.82) is 0 Å². The average molecular weight is 177 g/mol. The monoisotopic (exact) mass is 177 g/mol. The summed E-state index contributed by atoms with van der Waals surface area (Å²) in [6, 6.07) is 0.194. The van der Waals surface area contributed by atoms with Gasteiger partial charge < -0.3 is 0 Å². The molecular weight excluding hydrogens is 162 g/mol. The summed E-state index contributed by atoms with van der Waals surface area (Å²) in [6.07, 6.45) is 4.35. The molecule has 1 aliphatic carbocycles. The molecule has 0 aromatic rings. The molecule has 1 saturated carbocycles. The maximum absolute atomic E-state index is 10.8. The maximum atomic E-state index is 10.8. The molecule has 1 aliphatic rings. The fourth-order valence-corrected chi connectivity index (χ4v) is 2.44. The molecule has 4 heteroatoms. The van der Waals surface area contributed by atoms with E-state index in [1.54, 1.807) is 0 Å². The van der Waals surface area contributed by atoms with Crippen molar-refractivity contribution in [2.45, 2.75) is 32.2 Å². The van der Waals surface area contributed by atoms with Crippen LogP contribution < -0.4 is 4.72 Å². The van der Waals surface area contributed by atoms with E-state index in [9.17, 15) is 8.42 Å². The second-order valence-electron chi connectivity index (χ2n) is 3.51. The molecular formula is C7H15NO2S. The van der Waals surface area contributed by atoms with Crippen LogP contribution in [0.4, 0.5) is 0 Å². The van der Waals surface area contributed by atoms with Gasteiger partial charge in [-0.05, 0) is 25.2 Å². The van der Waals surface area contributed by atoms with Crippen molar-refractivity contribution in [2.75, 3.05) is 6.26 Å². The van der Waals surface area contributed by atoms with E-state index in [2.05, 4.69) is 11.6 Å². The van der Waals surface area contributed by atoms with Crippen molar-refractivity contribution in [1.82, 2.24) is 4.72 Å². The summed E-state index contributed by atoms with van der Waals surface area (Å²) in [4.78, 5) is 0. The van der Waals surface area contributed by atoms with Gasteiger partial charge in [0.15, 0.2) is 0 Å². The Hall–Kier alpha value is -0.0900. The summed E-state index contributed by atoms with van der Waals surface area (Å²) in [7, 11) is -2.98. The van der Waals surface area contributed by atoms with Gasteiger partial charge in [0.25, 0.3) is 0 Å². The Balaban J connectivity index is 2.41. The highest BCUT2D eigenvalue weighted by molar-refractivity contribution is 7.88. The topological polar surface area (TPSA) is 46.2 Å². The molecule has 1 rings (SSSR count). The largest absolute Gasteiger partial charge is 0.213 e. The van der Waals surface area contributed by atoms with Crippen LogP contribution >= 0.6 is 0 Å². The molecule has 1 N–H and O–H groups in total. The van der Waals surface area contributed by atoms with Gasteiger partial charge in [0.2, 0.25) is 10.0 Å². The van der Waals surface area contributed by atoms with E-state index >= 15 is 0 Å². The Morgan fingerprint density at radius 3 is 2.36 bits per heavy atom. The highest BCUT2D eigenvalue weighted by Crippen LogP contribution is 2.24. The zero-order chi connectivity index (χ0) is 8.48. The molecule has 0 aliphatic heterocycles. The minimum absolute atomic E-state index is 0.194. The van der Waals surface area contributed by atoms with E-state index in [4.69, 9.17) is 0 Å². The Morgan fingerprint density at radius 1 is 1.36 bits per heavy atom. The van der Waals surface area contributed by atoms with E-state index < -0.39 is 10.0 Å². The van der Waals surface area contributed by atoms with Gasteiger partial charge in [-0.3, -0.25) is 0 Å². The van der Waals surface area contributed by atoms with Crippen molar-refractivity contribution in [3.05, 3.63) is 0 Å². The number of nitrogens with one attached hydrogen (secondary N) is 1. The number of hydrogen-bond donors (Lipinski definition) is 1. The Kier molecular flexibility index (Phi) is 2.54. The minimum Gasteiger partial charge on any atom is -0.213 e. The fourth-order valence-electron chi connectivity index (χ4n) is 1.62. The SMILES string of the molecule is CC1CCC(NS(C)(=O)=O)C1. The summed E-state index contributed by atoms with van der Waals surface area (Å²) in [5.74, 6) is 0.675. The molecule has 0 aromatic carbocycles. The predicted octanol–water partition coefficient (Wildman–Crippen LogP) is 0.724. The van der Waals surface area contributed by atoms with Crippen LogP contribution in [0.25, 0.3) is 0 Å². The van der Waals surface area contributed by atoms with Gasteiger partial charge in [-0.15, -0.1) is 0 Å². The van der Waals surface area contributed by atoms with E-state index in [0.717, 1.165) is 19.3 Å². The van der Waals surface area contributed by atoms with Crippen molar-refractivity contribution < 1.29 is 8.42 Å². The highest BCUT2D eigenvalue weighted by atomic mass is 32.2. The summed E-state index contributed by atoms with van der Waals surface area (Å²) in [5, 5.41) is 0. The van der Waals surface area contributed by atoms with Gasteiger partial charge in [0.1, 0.15) is 0 Å². The molecule has 0 amide bonds. The van der Waals surface area contributed by atoms with Gasteiger partial charge in [-0.25, -0.2) is 13.1 Å². The number of rotatable bonds is 2. The normalized spacial score (nSPS) is 32.5. The van der Waals surface area contributed by atoms with Crippen LogP contribution in [-0.2, 0) is 10.0 Å². The van der Waals surface area contributed by atoms with Crippen molar-refractivity contribution in [3.63, 3.8) is 0 Å². The van der Waals surface area contributed by atoms with E-state index in [1.165, 1.54) is 6.26 Å². The first-order valence-electron chi connectivity index (χ1n) is 3.94. The Labute approximate surface area is 68.2 Å². The van der Waals surface area contributed by atoms with E-state index in [1.807, 2.05) is 0 Å². The van der Waals surface area contributed by atoms with Crippen LogP contribution in [-0.4, -0.2) is 20.7 Å². The molecule has 0 aromatic heterocycles. The molecule has 0 saturated heterocycles. The Morgan fingerprint density at radius 2 is 2.00 bits per heavy atom. The molecule has 0 heterocycles. The molecule has 0 spiro atoms. The van der Waals surface area contributed by atoms with Crippen LogP contribution in [0.2, 0.25) is 0 Å². The van der Waals surface area contributed by atoms with Crippen LogP contribution in [0.15, 0.2) is 0 Å². The van der Waals surface area contributed by atoms with E-state index in [0.29, 0.717) is 5.92 Å². The molecule has 0 radical (unpaired) electrons. The Bertz CT molecular complexity index is 223. The third-order valence-corrected chi connectivity index (χ3v) is 2.84. The zero-order valence-electron chi connectivity index (χ0n) is 7.00. The van der Waals surface area contributed by atoms with Crippen molar-refractivity contribution in [2.24, 2.45) is 5.92 Å². The number of hydrogen-bond acceptors (Lipinski definition) is 2. The summed E-state index contributed by atoms with van der Waals surface area (Å²) >= 11 is 0. The first-order valence-corrected chi connectivity index (χ1v) is 5.84. The standard InChI is InChI=1S/C7H15NO2S/c1-6-3-4-7(5-6)8-11(2,9)10/h6-8H,3-5H2,1-2H3. The first kappa shape index (κ1) is 9.00. The summed E-state index contributed by atoms with van der Waals surface area (Å²) < 4.78 is 24.2. The maximum Gasteiger partial charge on any atom is 0.208 e. The van der Waals surface area contributed by atoms with Gasteiger partial charge in [-0.2, -0.15) is 0 Å². The second-order valence-corrected chi connectivity index (χ2v) is 5.29. The molecule has 1 fully saturated rings. The quantitative estimate of drug-likeness (QED) is 0.675. The van der Waals surface area contributed by atoms with Gasteiger partial charge in [-0.1, -0.05) is 6.92 Å². The lowest BCUT2D eigenvalue weighted by Gasteiger charge is -2.08. The van der Waals surface area contributed by atoms with Crippen LogP contribution in [0, 0.1) is 5.92 Å². The smallest absolute Gasteiger partial charge is 0.208 e. The summed E-state index contributed by atoms with van der Waals surface area (Å²) in [5.41, 5.74) is 0. The molecule has 11 heavy (non-hydrogen) atoms. The average Bonchev–Trinajstić information content (AvgIpc) is 2.10. The lowest BCUT2D eigenvalue weighted by Crippen LogP contribution is -2.31. The van der Waals surface area contributed by atoms with Crippen molar-refractivity contribution >= 4 is 10.0 Å². The fraction of sp³-hybridized carbons (Fsp3) is 1.00. The molecule has 66 valence electrons. The predicted molar refractivity (Wildman–Crippen MR) is 44.8 cm³/mol. The van der Waals surface area contributed by atoms with Crippen molar-refractivity contribution in [3.8, 4) is 0 Å². The van der Waals surface area contributed by atoms with Gasteiger partial charge >= 0.3 is 0 Å². The van der Waals surface area contributed by atoms with Gasteiger partial charge in [0.05, 0.1) is 6.26 Å².